The van der Waals surface area contributed by atoms with Gasteiger partial charge < -0.3 is 0 Å². The predicted octanol–water partition coefficient (Wildman–Crippen LogP) is 9.33. The molecule has 8 unspecified atom stereocenters. The van der Waals surface area contributed by atoms with Gasteiger partial charge in [-0.25, -0.2) is 20.0 Å². The third kappa shape index (κ3) is 4.58. The monoisotopic (exact) mass is 758 g/mol. The Kier molecular flexibility index (Phi) is 7.22. The second kappa shape index (κ2) is 11.5. The fraction of sp³-hybridized carbons (Fsp3) is 0.591. The Morgan fingerprint density at radius 1 is 0.537 bits per heavy atom. The average Bonchev–Trinajstić information content (AvgIpc) is 3.97. The highest BCUT2D eigenvalue weighted by Gasteiger charge is 2.54. The number of hydrogen-bond donors (Lipinski definition) is 0. The Balaban J connectivity index is 0.907. The van der Waals surface area contributed by atoms with E-state index in [1.165, 1.54) is 85.2 Å². The third-order valence-electron chi connectivity index (χ3n) is 15.4. The second-order valence-electron chi connectivity index (χ2n) is 18.9. The molecular formula is C44H46N4O4S2. The summed E-state index contributed by atoms with van der Waals surface area (Å²) in [7, 11) is 0. The highest BCUT2D eigenvalue weighted by molar-refractivity contribution is 7.19. The van der Waals surface area contributed by atoms with Gasteiger partial charge in [-0.2, -0.15) is 0 Å². The molecule has 3 aromatic rings. The first-order valence-corrected chi connectivity index (χ1v) is 22.1. The van der Waals surface area contributed by atoms with Crippen LogP contribution < -0.4 is 0 Å². The van der Waals surface area contributed by atoms with E-state index in [2.05, 4.69) is 39.8 Å². The molecule has 8 aliphatic rings. The molecule has 0 spiro atoms. The van der Waals surface area contributed by atoms with Gasteiger partial charge in [-0.05, 0) is 83.7 Å². The Hall–Kier alpha value is -3.50. The number of fused-ring (bicyclic) bond motifs is 10. The Morgan fingerprint density at radius 2 is 0.852 bits per heavy atom. The minimum Gasteiger partial charge on any atom is -0.292 e. The van der Waals surface area contributed by atoms with Crippen LogP contribution in [0, 0.1) is 47.3 Å². The third-order valence-corrected chi connectivity index (χ3v) is 17.4. The summed E-state index contributed by atoms with van der Waals surface area (Å²) >= 11 is 2.96. The Bertz CT molecular complexity index is 2080. The molecule has 0 amide bonds. The van der Waals surface area contributed by atoms with Crippen molar-refractivity contribution in [1.82, 2.24) is 9.97 Å². The van der Waals surface area contributed by atoms with Crippen LogP contribution in [-0.4, -0.2) is 44.5 Å². The first kappa shape index (κ1) is 33.8. The molecule has 0 saturated heterocycles. The predicted molar refractivity (Wildman–Crippen MR) is 210 cm³/mol. The zero-order chi connectivity index (χ0) is 37.0. The second-order valence-corrected chi connectivity index (χ2v) is 20.9. The van der Waals surface area contributed by atoms with Crippen molar-refractivity contribution >= 4 is 67.5 Å². The van der Waals surface area contributed by atoms with E-state index in [4.69, 9.17) is 20.0 Å². The molecule has 0 N–H and O–H groups in total. The Labute approximate surface area is 323 Å². The summed E-state index contributed by atoms with van der Waals surface area (Å²) in [6.45, 7) is 8.73. The van der Waals surface area contributed by atoms with Crippen molar-refractivity contribution in [2.24, 2.45) is 57.3 Å². The lowest BCUT2D eigenvalue weighted by Gasteiger charge is -2.39. The van der Waals surface area contributed by atoms with E-state index in [0.29, 0.717) is 33.9 Å². The zero-order valence-corrected chi connectivity index (χ0v) is 33.1. The molecule has 54 heavy (non-hydrogen) atoms. The van der Waals surface area contributed by atoms with Crippen LogP contribution in [0.2, 0.25) is 0 Å². The molecule has 8 nitrogen and oxygen atoms in total. The molecule has 6 fully saturated rings. The number of aliphatic imine (C=N–C) groups is 2. The number of ketones is 4. The molecule has 0 bridgehead atoms. The quantitative estimate of drug-likeness (QED) is 0.257. The van der Waals surface area contributed by atoms with E-state index in [1.54, 1.807) is 0 Å². The average molecular weight is 759 g/mol. The topological polar surface area (TPSA) is 119 Å². The number of rotatable bonds is 2. The van der Waals surface area contributed by atoms with Gasteiger partial charge in [0.25, 0.3) is 0 Å². The van der Waals surface area contributed by atoms with E-state index < -0.39 is 10.8 Å². The van der Waals surface area contributed by atoms with Crippen molar-refractivity contribution in [2.45, 2.75) is 116 Å². The number of carbonyl (C=O) groups excluding carboxylic acids is 4. The van der Waals surface area contributed by atoms with E-state index in [9.17, 15) is 19.2 Å². The number of hydrogen-bond acceptors (Lipinski definition) is 10. The Morgan fingerprint density at radius 3 is 1.17 bits per heavy atom. The van der Waals surface area contributed by atoms with Gasteiger partial charge >= 0.3 is 0 Å². The molecular weight excluding hydrogens is 713 g/mol. The van der Waals surface area contributed by atoms with E-state index in [1.807, 2.05) is 0 Å². The largest absolute Gasteiger partial charge is 0.292 e. The first-order chi connectivity index (χ1) is 25.9. The van der Waals surface area contributed by atoms with Gasteiger partial charge in [-0.1, -0.05) is 102 Å². The minimum atomic E-state index is -0.418. The van der Waals surface area contributed by atoms with Crippen LogP contribution in [0.4, 0.5) is 10.3 Å². The van der Waals surface area contributed by atoms with Gasteiger partial charge in [0, 0.05) is 34.5 Å². The van der Waals surface area contributed by atoms with E-state index in [0.717, 1.165) is 58.0 Å². The molecule has 2 aromatic heterocycles. The fourth-order valence-corrected chi connectivity index (χ4v) is 14.7. The van der Waals surface area contributed by atoms with Crippen LogP contribution in [0.15, 0.2) is 22.1 Å². The van der Waals surface area contributed by atoms with Crippen molar-refractivity contribution in [3.63, 3.8) is 0 Å². The molecule has 1 aromatic carbocycles. The summed E-state index contributed by atoms with van der Waals surface area (Å²) in [6.07, 6.45) is 13.0. The van der Waals surface area contributed by atoms with E-state index in [-0.39, 0.29) is 58.2 Å². The van der Waals surface area contributed by atoms with Crippen LogP contribution in [-0.2, 0) is 30.0 Å². The lowest BCUT2D eigenvalue weighted by molar-refractivity contribution is -0.123. The smallest absolute Gasteiger partial charge is 0.210 e. The maximum Gasteiger partial charge on any atom is 0.210 e. The molecule has 278 valence electrons. The highest BCUT2D eigenvalue weighted by atomic mass is 32.1. The summed E-state index contributed by atoms with van der Waals surface area (Å²) in [6, 6.07) is 4.56. The lowest BCUT2D eigenvalue weighted by atomic mass is 9.64. The van der Waals surface area contributed by atoms with Crippen LogP contribution in [0.25, 0.3) is 20.9 Å². The highest BCUT2D eigenvalue weighted by Crippen LogP contribution is 2.59. The summed E-state index contributed by atoms with van der Waals surface area (Å²) < 4.78 is 0. The number of nitrogens with zero attached hydrogens (tertiary/aromatic N) is 4. The number of aromatic nitrogens is 2. The summed E-state index contributed by atoms with van der Waals surface area (Å²) in [5.41, 5.74) is 5.86. The molecule has 6 saturated carbocycles. The number of thiazole rings is 2. The van der Waals surface area contributed by atoms with Gasteiger partial charge in [0.05, 0.1) is 21.1 Å². The molecule has 2 heterocycles. The van der Waals surface area contributed by atoms with Gasteiger partial charge in [-0.3, -0.25) is 19.2 Å². The zero-order valence-electron chi connectivity index (χ0n) is 31.5. The lowest BCUT2D eigenvalue weighted by Crippen LogP contribution is -2.35. The maximum atomic E-state index is 13.7. The summed E-state index contributed by atoms with van der Waals surface area (Å²) in [5, 5.41) is 0.982. The maximum absolute atomic E-state index is 13.7. The van der Waals surface area contributed by atoms with Crippen molar-refractivity contribution in [2.75, 3.05) is 0 Å². The fourth-order valence-electron chi connectivity index (χ4n) is 12.5. The minimum absolute atomic E-state index is 0.0653. The van der Waals surface area contributed by atoms with Crippen LogP contribution in [0.1, 0.15) is 127 Å². The molecule has 8 aliphatic carbocycles. The van der Waals surface area contributed by atoms with Crippen molar-refractivity contribution in [3.05, 3.63) is 34.6 Å². The summed E-state index contributed by atoms with van der Waals surface area (Å²) in [5.74, 6) is 1.17. The molecule has 0 radical (unpaired) electrons. The normalized spacial score (nSPS) is 33.8. The van der Waals surface area contributed by atoms with Crippen molar-refractivity contribution in [1.29, 1.82) is 0 Å². The van der Waals surface area contributed by atoms with Crippen LogP contribution in [0.3, 0.4) is 0 Å². The first-order valence-electron chi connectivity index (χ1n) is 20.5. The SMILES string of the molecule is CC1(C)c2cc3c(cc2-c2sc(N=C4C(=O)C5CC6CCCCC6CC5C4=O)nc21)C(C)(C)c1nc(N=C2C(=O)C4CC5CCCCC5CC4C2=O)sc1-3. The van der Waals surface area contributed by atoms with Crippen LogP contribution >= 0.6 is 22.7 Å². The number of carbonyl (C=O) groups is 4. The summed E-state index contributed by atoms with van der Waals surface area (Å²) in [4.78, 5) is 76.3. The molecule has 10 heteroatoms. The molecule has 8 atom stereocenters. The van der Waals surface area contributed by atoms with Gasteiger partial charge in [0.1, 0.15) is 0 Å². The van der Waals surface area contributed by atoms with Crippen molar-refractivity contribution < 1.29 is 19.2 Å². The van der Waals surface area contributed by atoms with Gasteiger partial charge in [0.2, 0.25) is 10.3 Å². The van der Waals surface area contributed by atoms with Crippen LogP contribution in [0.5, 0.6) is 0 Å². The van der Waals surface area contributed by atoms with Gasteiger partial charge in [-0.15, -0.1) is 0 Å². The van der Waals surface area contributed by atoms with Gasteiger partial charge in [0.15, 0.2) is 34.6 Å². The number of benzene rings is 1. The molecule has 0 aliphatic heterocycles. The van der Waals surface area contributed by atoms with E-state index >= 15 is 0 Å². The van der Waals surface area contributed by atoms with Crippen molar-refractivity contribution in [3.8, 4) is 20.9 Å². The standard InChI is InChI=1S/C44H46N4O4S2/c1-43(2)29-17-28-30(18-27(29)37-39(43)47-41(53-37)45-31-33(49)23-13-19-9-5-6-10-20(19)14-24(23)34(31)50)44(3,4)40-38(28)54-42(48-40)46-32-35(51)25-15-21-11-7-8-12-22(21)16-26(25)36(32)52/h17-26H,5-16H2,1-4H3. The number of Topliss-reactive ketones (excluding diaryl/α,β-unsaturated/α-hetero) is 4. The molecule has 11 rings (SSSR count).